The molecule has 8 aromatic carbocycles. The number of hydrogen-bond acceptors (Lipinski definition) is 20. The SMILES string of the molecule is CP.Cc1c(CC(=O)c2ccc3c(c2)OCC3(C)C)cc(F)cc1-c1ccnc(N)c1N.Cc1c(CC(=O)c2ccc3c(c2)OCC3(C)C)cc(F)cc1-c1ccnc(N)c1[N+](=O)[O-].Cc1c(CC(=O)c2ccc3c(c2)OCC3(C)C)cc(F)cc1-c1ccnc2nc(-c3ccc(C(=O)N4CCOCC4)cc3)[nH]c12.O=Cc1ccc(C(=O)N2CCOCC2)cc1. The molecule has 9 heterocycles. The molecule has 2 saturated heterocycles. The lowest BCUT2D eigenvalue weighted by atomic mass is 9.86. The van der Waals surface area contributed by atoms with Crippen LogP contribution >= 0.6 is 9.24 Å². The van der Waals surface area contributed by atoms with Gasteiger partial charge in [-0.15, -0.1) is 9.24 Å². The Kier molecular flexibility index (Phi) is 27.0. The fraction of sp³-hybridized carbons (Fsp3) is 0.278. The summed E-state index contributed by atoms with van der Waals surface area (Å²) in [6.07, 6.45) is 5.33. The first kappa shape index (κ1) is 89.4. The monoisotopic (exact) mass is 1710 g/mol. The van der Waals surface area contributed by atoms with Crippen LogP contribution in [-0.2, 0) is 45.0 Å². The highest BCUT2D eigenvalue weighted by molar-refractivity contribution is 7.15. The number of rotatable bonds is 17. The first-order valence-electron chi connectivity index (χ1n) is 40.8. The number of nitrogens with one attached hydrogen (secondary N) is 1. The molecule has 125 heavy (non-hydrogen) atoms. The molecule has 0 radical (unpaired) electrons. The van der Waals surface area contributed by atoms with E-state index in [1.54, 1.807) is 89.7 Å². The van der Waals surface area contributed by atoms with E-state index in [2.05, 4.69) is 70.7 Å². The molecule has 17 rings (SSSR count). The topological polar surface area (TPSA) is 344 Å². The summed E-state index contributed by atoms with van der Waals surface area (Å²) in [7, 11) is 2.42. The minimum absolute atomic E-state index is 0.000693. The average molecular weight is 1710 g/mol. The molecule has 1 unspecified atom stereocenters. The van der Waals surface area contributed by atoms with Gasteiger partial charge in [-0.25, -0.2) is 33.1 Å². The van der Waals surface area contributed by atoms with E-state index in [9.17, 15) is 47.7 Å². The summed E-state index contributed by atoms with van der Waals surface area (Å²) in [6.45, 7) is 26.4. The predicted molar refractivity (Wildman–Crippen MR) is 478 cm³/mol. The number of carbonyl (C=O) groups excluding carboxylic acids is 6. The zero-order chi connectivity index (χ0) is 89.5. The molecule has 24 nitrogen and oxygen atoms in total. The zero-order valence-corrected chi connectivity index (χ0v) is 72.3. The Morgan fingerprint density at radius 1 is 0.480 bits per heavy atom. The maximum absolute atomic E-state index is 15.1. The first-order chi connectivity index (χ1) is 59.7. The number of nitrogens with zero attached hydrogens (tertiary/aromatic N) is 7. The van der Waals surface area contributed by atoms with Crippen LogP contribution in [0.1, 0.15) is 154 Å². The lowest BCUT2D eigenvalue weighted by Gasteiger charge is -2.26. The van der Waals surface area contributed by atoms with Crippen molar-refractivity contribution in [1.29, 1.82) is 0 Å². The van der Waals surface area contributed by atoms with Gasteiger partial charge in [-0.05, 0) is 168 Å². The molecule has 5 aliphatic heterocycles. The molecule has 2 amide bonds. The van der Waals surface area contributed by atoms with Crippen molar-refractivity contribution in [1.82, 2.24) is 34.7 Å². The molecule has 12 aromatic rings. The van der Waals surface area contributed by atoms with Gasteiger partial charge in [0.1, 0.15) is 52.6 Å². The van der Waals surface area contributed by atoms with Gasteiger partial charge in [0.25, 0.3) is 11.8 Å². The van der Waals surface area contributed by atoms with Crippen molar-refractivity contribution in [2.75, 3.05) is 96.3 Å². The number of nitrogens with two attached hydrogens (primary N) is 3. The second kappa shape index (κ2) is 37.8. The number of ether oxygens (including phenoxy) is 5. The van der Waals surface area contributed by atoms with Gasteiger partial charge in [-0.1, -0.05) is 109 Å². The second-order valence-corrected chi connectivity index (χ2v) is 32.9. The van der Waals surface area contributed by atoms with Crippen molar-refractivity contribution < 1.29 is 70.5 Å². The molecule has 0 aliphatic carbocycles. The predicted octanol–water partition coefficient (Wildman–Crippen LogP) is 17.0. The third-order valence-electron chi connectivity index (χ3n) is 23.1. The maximum atomic E-state index is 15.1. The van der Waals surface area contributed by atoms with Crippen LogP contribution in [0.5, 0.6) is 17.2 Å². The number of aromatic nitrogens is 5. The molecule has 2 fully saturated rings. The number of halogens is 3. The standard InChI is InChI=1S/C36H33FN4O4.C24H22FN3O4.C24H24FN3O2.C12H13NO3.CH5P/c1-21-25(17-30(42)24-8-9-29-31(18-24)45-20-36(29,2)3)16-26(37)19-28(21)27-10-11-38-34-32(27)39-33(40-34)22-4-6-23(7-5-22)35(43)41-12-14-44-15-13-41;1-13-15(9-20(29)14-4-5-19-21(10-14)32-12-24(19,2)3)8-16(25)11-18(13)17-6-7-27-23(26)22(17)28(30)31;1-13-15(8-16(25)11-18(13)17-6-7-28-23(27)22(17)26)9-20(29)14-4-5-19-21(10-14)30-12-24(19,2)3;14-9-10-1-3-11(4-2-10)12(15)13-5-7-16-8-6-13;1-2/h4-11,16,18-19H,12-15,17,20H2,1-3H3,(H,38,39,40);4-8,10-11H,9,12H2,1-3H3,(H2,26,27);4-8,10-11H,9,12,26H2,1-3H3,(H2,27,28);1-4,9H,5-8H2;2H2,1H3. The number of pyridine rings is 3. The summed E-state index contributed by atoms with van der Waals surface area (Å²) in [5.41, 5.74) is 32.5. The van der Waals surface area contributed by atoms with Gasteiger partial charge in [0, 0.05) is 147 Å². The van der Waals surface area contributed by atoms with E-state index in [0.717, 1.165) is 56.7 Å². The van der Waals surface area contributed by atoms with Crippen LogP contribution in [0.15, 0.2) is 176 Å². The van der Waals surface area contributed by atoms with E-state index >= 15 is 4.39 Å². The van der Waals surface area contributed by atoms with E-state index in [-0.39, 0.29) is 81.9 Å². The number of H-pyrrole nitrogens is 1. The molecule has 5 aliphatic rings. The van der Waals surface area contributed by atoms with Crippen molar-refractivity contribution in [2.45, 2.75) is 97.8 Å². The van der Waals surface area contributed by atoms with Crippen LogP contribution in [0.25, 0.3) is 55.9 Å². The molecular weight excluding hydrogens is 1620 g/mol. The van der Waals surface area contributed by atoms with Gasteiger partial charge < -0.3 is 55.7 Å². The van der Waals surface area contributed by atoms with Crippen molar-refractivity contribution in [3.63, 3.8) is 0 Å². The number of fused-ring (bicyclic) bond motifs is 4. The number of Topliss-reactive ketones (excluding diaryl/α,β-unsaturated/α-hetero) is 3. The number of nitro groups is 1. The summed E-state index contributed by atoms with van der Waals surface area (Å²) >= 11 is 0. The quantitative estimate of drug-likeness (QED) is 0.0216. The highest BCUT2D eigenvalue weighted by Crippen LogP contribution is 2.44. The van der Waals surface area contributed by atoms with Crippen molar-refractivity contribution in [2.24, 2.45) is 0 Å². The van der Waals surface area contributed by atoms with E-state index < -0.39 is 28.1 Å². The van der Waals surface area contributed by atoms with E-state index in [1.807, 2.05) is 69.0 Å². The molecule has 7 N–H and O–H groups in total. The number of morpholine rings is 2. The first-order valence-corrected chi connectivity index (χ1v) is 41.9. The molecule has 0 bridgehead atoms. The summed E-state index contributed by atoms with van der Waals surface area (Å²) in [6, 6.07) is 43.6. The number of ketones is 3. The number of aldehydes is 1. The van der Waals surface area contributed by atoms with E-state index in [4.69, 9.17) is 45.9 Å². The van der Waals surface area contributed by atoms with Crippen LogP contribution in [-0.4, -0.2) is 154 Å². The number of carbonyl (C=O) groups is 6. The highest BCUT2D eigenvalue weighted by Gasteiger charge is 2.36. The van der Waals surface area contributed by atoms with Gasteiger partial charge in [0.15, 0.2) is 23.0 Å². The van der Waals surface area contributed by atoms with Crippen molar-refractivity contribution in [3.05, 3.63) is 287 Å². The summed E-state index contributed by atoms with van der Waals surface area (Å²) < 4.78 is 71.9. The van der Waals surface area contributed by atoms with Gasteiger partial charge >= 0.3 is 5.69 Å². The van der Waals surface area contributed by atoms with Gasteiger partial charge in [0.05, 0.1) is 67.9 Å². The Bertz CT molecular complexity index is 6190. The Hall–Kier alpha value is -13.4. The number of nitrogen functional groups attached to an aromatic ring is 3. The summed E-state index contributed by atoms with van der Waals surface area (Å²) in [5.74, 6) is 0.766. The highest BCUT2D eigenvalue weighted by atomic mass is 31.0. The van der Waals surface area contributed by atoms with Gasteiger partial charge in [0.2, 0.25) is 5.82 Å². The molecule has 0 saturated carbocycles. The maximum Gasteiger partial charge on any atom is 0.318 e. The molecule has 4 aromatic heterocycles. The molecule has 28 heteroatoms. The summed E-state index contributed by atoms with van der Waals surface area (Å²) in [4.78, 5) is 109. The Labute approximate surface area is 723 Å². The number of imidazole rings is 1. The van der Waals surface area contributed by atoms with Gasteiger partial charge in [-0.2, -0.15) is 0 Å². The number of hydrogen-bond donors (Lipinski definition) is 4. The zero-order valence-electron chi connectivity index (χ0n) is 71.1. The number of amides is 2. The fourth-order valence-electron chi connectivity index (χ4n) is 15.8. The minimum atomic E-state index is -0.640. The molecule has 644 valence electrons. The van der Waals surface area contributed by atoms with Crippen LogP contribution in [0.2, 0.25) is 0 Å². The number of benzene rings is 8. The lowest BCUT2D eigenvalue weighted by molar-refractivity contribution is -0.383. The average Bonchev–Trinajstić information content (AvgIpc) is 1.73. The lowest BCUT2D eigenvalue weighted by Crippen LogP contribution is -2.40. The smallest absolute Gasteiger partial charge is 0.318 e. The van der Waals surface area contributed by atoms with Crippen LogP contribution in [0.3, 0.4) is 0 Å². The Morgan fingerprint density at radius 3 is 1.25 bits per heavy atom. The molecular formula is C97H97F3N11O13P. The third-order valence-corrected chi connectivity index (χ3v) is 23.1. The largest absolute Gasteiger partial charge is 0.492 e. The van der Waals surface area contributed by atoms with E-state index in [1.165, 1.54) is 54.9 Å². The normalized spacial score (nSPS) is 14.7. The minimum Gasteiger partial charge on any atom is -0.492 e. The van der Waals surface area contributed by atoms with Crippen LogP contribution in [0, 0.1) is 48.3 Å². The Morgan fingerprint density at radius 2 is 0.840 bits per heavy atom. The summed E-state index contributed by atoms with van der Waals surface area (Å²) in [5, 5.41) is 11.5. The van der Waals surface area contributed by atoms with E-state index in [0.29, 0.717) is 179 Å². The second-order valence-electron chi connectivity index (χ2n) is 32.9. The van der Waals surface area contributed by atoms with Crippen molar-refractivity contribution in [3.8, 4) is 62.0 Å². The Balaban J connectivity index is 0.000000149. The number of aromatic amines is 1. The fourth-order valence-corrected chi connectivity index (χ4v) is 15.8. The number of anilines is 3. The third kappa shape index (κ3) is 19.7. The van der Waals surface area contributed by atoms with Crippen molar-refractivity contribution >= 4 is 78.9 Å². The molecule has 0 spiro atoms. The van der Waals surface area contributed by atoms with Crippen LogP contribution in [0.4, 0.5) is 36.2 Å². The van der Waals surface area contributed by atoms with Gasteiger partial charge in [-0.3, -0.25) is 38.9 Å². The van der Waals surface area contributed by atoms with Crippen LogP contribution < -0.4 is 31.4 Å². The molecule has 1 atom stereocenters.